The van der Waals surface area contributed by atoms with Crippen molar-refractivity contribution in [3.05, 3.63) is 53.6 Å². The third-order valence-corrected chi connectivity index (χ3v) is 10.6. The van der Waals surface area contributed by atoms with Gasteiger partial charge in [-0.25, -0.2) is 21.6 Å². The standard InChI is InChI=1S/C27H35N3O6S2/c1-3-20(17-31)29-38(35,36)22-6-4-5-19(15-22)25(32)30-18-27(13-11-26(9-10-26)12-14-27)23-16-21(7-8-24(23)30)28-37(2,33)34/h4-8,15-16,20,28-29,31H,3,9-14,17-18H2,1-2H3. The minimum absolute atomic E-state index is 0.0366. The number of sulfonamides is 2. The number of carbonyl (C=O) groups excluding carboxylic acids is 1. The first-order chi connectivity index (χ1) is 17.9. The summed E-state index contributed by atoms with van der Waals surface area (Å²) in [5.74, 6) is -0.301. The highest BCUT2D eigenvalue weighted by Gasteiger charge is 2.53. The summed E-state index contributed by atoms with van der Waals surface area (Å²) < 4.78 is 54.7. The number of amides is 1. The second-order valence-corrected chi connectivity index (χ2v) is 14.7. The number of benzene rings is 2. The number of fused-ring (bicyclic) bond motifs is 2. The first-order valence-corrected chi connectivity index (χ1v) is 16.4. The van der Waals surface area contributed by atoms with Gasteiger partial charge in [0.1, 0.15) is 0 Å². The van der Waals surface area contributed by atoms with Crippen LogP contribution in [0.4, 0.5) is 11.4 Å². The van der Waals surface area contributed by atoms with E-state index in [9.17, 15) is 26.7 Å². The van der Waals surface area contributed by atoms with E-state index in [1.165, 1.54) is 25.0 Å². The van der Waals surface area contributed by atoms with Crippen LogP contribution in [0.5, 0.6) is 0 Å². The number of aliphatic hydroxyl groups is 1. The summed E-state index contributed by atoms with van der Waals surface area (Å²) >= 11 is 0. The molecule has 11 heteroatoms. The number of aliphatic hydroxyl groups excluding tert-OH is 1. The number of anilines is 2. The van der Waals surface area contributed by atoms with Crippen molar-refractivity contribution in [1.29, 1.82) is 0 Å². The molecule has 9 nitrogen and oxygen atoms in total. The van der Waals surface area contributed by atoms with Gasteiger partial charge in [0.05, 0.1) is 17.8 Å². The smallest absolute Gasteiger partial charge is 0.258 e. The van der Waals surface area contributed by atoms with Crippen LogP contribution in [0.25, 0.3) is 0 Å². The van der Waals surface area contributed by atoms with E-state index in [-0.39, 0.29) is 28.4 Å². The van der Waals surface area contributed by atoms with Crippen LogP contribution in [0.2, 0.25) is 0 Å². The van der Waals surface area contributed by atoms with Gasteiger partial charge in [-0.2, -0.15) is 0 Å². The molecule has 0 aromatic heterocycles. The zero-order valence-electron chi connectivity index (χ0n) is 21.7. The summed E-state index contributed by atoms with van der Waals surface area (Å²) in [7, 11) is -7.38. The Morgan fingerprint density at radius 1 is 1.03 bits per heavy atom. The summed E-state index contributed by atoms with van der Waals surface area (Å²) in [6, 6.07) is 10.7. The zero-order valence-corrected chi connectivity index (χ0v) is 23.4. The zero-order chi connectivity index (χ0) is 27.3. The molecular weight excluding hydrogens is 526 g/mol. The fraction of sp³-hybridized carbons (Fsp3) is 0.519. The SMILES string of the molecule is CCC(CO)NS(=O)(=O)c1cccc(C(=O)N2CC3(CCC4(CC4)CC3)c3cc(NS(C)(=O)=O)ccc32)c1. The Morgan fingerprint density at radius 3 is 2.32 bits per heavy atom. The summed E-state index contributed by atoms with van der Waals surface area (Å²) in [5, 5.41) is 9.43. The first-order valence-electron chi connectivity index (χ1n) is 13.1. The van der Waals surface area contributed by atoms with Crippen LogP contribution in [0.1, 0.15) is 67.8 Å². The van der Waals surface area contributed by atoms with Gasteiger partial charge in [-0.15, -0.1) is 0 Å². The molecule has 2 aliphatic carbocycles. The van der Waals surface area contributed by atoms with Gasteiger partial charge >= 0.3 is 0 Å². The average molecular weight is 562 g/mol. The molecule has 3 aliphatic rings. The highest BCUT2D eigenvalue weighted by atomic mass is 32.2. The first kappa shape index (κ1) is 27.1. The van der Waals surface area contributed by atoms with E-state index >= 15 is 0 Å². The van der Waals surface area contributed by atoms with Gasteiger partial charge in [-0.1, -0.05) is 13.0 Å². The predicted octanol–water partition coefficient (Wildman–Crippen LogP) is 3.36. The van der Waals surface area contributed by atoms with Crippen molar-refractivity contribution < 1.29 is 26.7 Å². The monoisotopic (exact) mass is 561 g/mol. The Kier molecular flexibility index (Phi) is 6.86. The normalized spacial score (nSPS) is 20.3. The summed E-state index contributed by atoms with van der Waals surface area (Å²) in [5.41, 5.74) is 2.59. The average Bonchev–Trinajstić information content (AvgIpc) is 3.58. The van der Waals surface area contributed by atoms with E-state index in [2.05, 4.69) is 9.44 Å². The van der Waals surface area contributed by atoms with E-state index in [1.54, 1.807) is 36.1 Å². The van der Waals surface area contributed by atoms with Gasteiger partial charge in [0.2, 0.25) is 20.0 Å². The maximum atomic E-state index is 13.9. The number of hydrogen-bond acceptors (Lipinski definition) is 6. The van der Waals surface area contributed by atoms with Crippen LogP contribution in [0.3, 0.4) is 0 Å². The van der Waals surface area contributed by atoms with Crippen LogP contribution in [0, 0.1) is 5.41 Å². The fourth-order valence-corrected chi connectivity index (χ4v) is 7.89. The maximum absolute atomic E-state index is 13.9. The van der Waals surface area contributed by atoms with Gasteiger partial charge in [0.15, 0.2) is 0 Å². The lowest BCUT2D eigenvalue weighted by molar-refractivity contribution is 0.0980. The van der Waals surface area contributed by atoms with Crippen molar-refractivity contribution in [3.8, 4) is 0 Å². The Bertz CT molecular complexity index is 1450. The number of nitrogens with one attached hydrogen (secondary N) is 2. The van der Waals surface area contributed by atoms with Crippen LogP contribution in [0.15, 0.2) is 47.4 Å². The predicted molar refractivity (Wildman–Crippen MR) is 146 cm³/mol. The van der Waals surface area contributed by atoms with Gasteiger partial charge in [0, 0.05) is 34.9 Å². The molecule has 2 spiro atoms. The lowest BCUT2D eigenvalue weighted by atomic mass is 9.66. The van der Waals surface area contributed by atoms with E-state index in [0.29, 0.717) is 24.1 Å². The minimum atomic E-state index is -3.93. The van der Waals surface area contributed by atoms with Gasteiger partial charge in [-0.05, 0) is 92.3 Å². The molecule has 1 aliphatic heterocycles. The number of carbonyl (C=O) groups is 1. The Hall–Kier alpha value is -2.47. The molecule has 2 aromatic carbocycles. The van der Waals surface area contributed by atoms with Crippen molar-refractivity contribution >= 4 is 37.3 Å². The molecule has 1 heterocycles. The van der Waals surface area contributed by atoms with Crippen molar-refractivity contribution in [2.75, 3.05) is 29.0 Å². The molecule has 5 rings (SSSR count). The van der Waals surface area contributed by atoms with Gasteiger partial charge in [0.25, 0.3) is 5.91 Å². The van der Waals surface area contributed by atoms with Gasteiger partial charge in [-0.3, -0.25) is 9.52 Å². The molecular formula is C27H35N3O6S2. The largest absolute Gasteiger partial charge is 0.395 e. The Labute approximate surface area is 224 Å². The van der Waals surface area contributed by atoms with E-state index in [0.717, 1.165) is 43.2 Å². The molecule has 0 saturated heterocycles. The summed E-state index contributed by atoms with van der Waals surface area (Å²) in [6.07, 6.45) is 8.05. The highest BCUT2D eigenvalue weighted by molar-refractivity contribution is 7.92. The quantitative estimate of drug-likeness (QED) is 0.453. The van der Waals surface area contributed by atoms with Crippen molar-refractivity contribution in [2.24, 2.45) is 5.41 Å². The number of nitrogens with zero attached hydrogens (tertiary/aromatic N) is 1. The molecule has 206 valence electrons. The lowest BCUT2D eigenvalue weighted by Crippen LogP contribution is -2.40. The topological polar surface area (TPSA) is 133 Å². The third kappa shape index (κ3) is 5.21. The molecule has 1 atom stereocenters. The highest BCUT2D eigenvalue weighted by Crippen LogP contribution is 2.62. The molecule has 1 unspecified atom stereocenters. The van der Waals surface area contributed by atoms with Crippen LogP contribution < -0.4 is 14.3 Å². The molecule has 2 aromatic rings. The number of rotatable bonds is 8. The van der Waals surface area contributed by atoms with E-state index < -0.39 is 26.1 Å². The van der Waals surface area contributed by atoms with Crippen LogP contribution in [-0.4, -0.2) is 53.3 Å². The third-order valence-electron chi connectivity index (χ3n) is 8.52. The van der Waals surface area contributed by atoms with Crippen LogP contribution >= 0.6 is 0 Å². The van der Waals surface area contributed by atoms with Gasteiger partial charge < -0.3 is 10.0 Å². The second kappa shape index (κ2) is 9.62. The molecule has 1 amide bonds. The molecule has 3 N–H and O–H groups in total. The molecule has 38 heavy (non-hydrogen) atoms. The fourth-order valence-electron chi connectivity index (χ4n) is 5.98. The second-order valence-electron chi connectivity index (χ2n) is 11.2. The van der Waals surface area contributed by atoms with Crippen molar-refractivity contribution in [3.63, 3.8) is 0 Å². The van der Waals surface area contributed by atoms with E-state index in [4.69, 9.17) is 0 Å². The molecule has 2 saturated carbocycles. The van der Waals surface area contributed by atoms with Crippen LogP contribution in [-0.2, 0) is 25.5 Å². The molecule has 0 bridgehead atoms. The van der Waals surface area contributed by atoms with Crippen molar-refractivity contribution in [2.45, 2.75) is 68.2 Å². The lowest BCUT2D eigenvalue weighted by Gasteiger charge is -2.38. The Balaban J connectivity index is 1.48. The maximum Gasteiger partial charge on any atom is 0.258 e. The van der Waals surface area contributed by atoms with Crippen molar-refractivity contribution in [1.82, 2.24) is 4.72 Å². The molecule has 0 radical (unpaired) electrons. The Morgan fingerprint density at radius 2 is 1.71 bits per heavy atom. The molecule has 2 fully saturated rings. The van der Waals surface area contributed by atoms with E-state index in [1.807, 2.05) is 6.07 Å². The number of hydrogen-bond donors (Lipinski definition) is 3. The minimum Gasteiger partial charge on any atom is -0.395 e. The summed E-state index contributed by atoms with van der Waals surface area (Å²) in [4.78, 5) is 15.5. The summed E-state index contributed by atoms with van der Waals surface area (Å²) in [6.45, 7) is 1.92.